The van der Waals surface area contributed by atoms with Crippen molar-refractivity contribution in [3.63, 3.8) is 0 Å². The second kappa shape index (κ2) is 5.34. The van der Waals surface area contributed by atoms with Crippen LogP contribution in [0.1, 0.15) is 15.2 Å². The average molecular weight is 305 g/mol. The summed E-state index contributed by atoms with van der Waals surface area (Å²) in [6.07, 6.45) is 0. The number of halogens is 1. The van der Waals surface area contributed by atoms with Crippen LogP contribution in [0.25, 0.3) is 10.1 Å². The third-order valence-electron chi connectivity index (χ3n) is 3.07. The summed E-state index contributed by atoms with van der Waals surface area (Å²) in [5.41, 5.74) is 1.11. The first kappa shape index (κ1) is 13.3. The summed E-state index contributed by atoms with van der Waals surface area (Å²) in [6, 6.07) is 8.55. The number of hydrogen-bond donors (Lipinski definition) is 0. The second-order valence-electron chi connectivity index (χ2n) is 4.56. The van der Waals surface area contributed by atoms with Gasteiger partial charge < -0.3 is 4.90 Å². The molecule has 2 nitrogen and oxygen atoms in total. The fraction of sp³-hybridized carbons (Fsp3) is 0.133. The van der Waals surface area contributed by atoms with Gasteiger partial charge in [0.05, 0.1) is 4.88 Å². The number of carbonyl (C=O) groups is 1. The molecule has 0 atom stereocenters. The zero-order chi connectivity index (χ0) is 14.1. The standard InChI is InChI=1S/C15H12FNOS2/c1-17(8-10-5-6-19-9-10)15(18)14-7-11-12(16)3-2-4-13(11)20-14/h2-7,9H,8H2,1H3. The molecule has 0 saturated carbocycles. The van der Waals surface area contributed by atoms with E-state index in [1.807, 2.05) is 22.9 Å². The summed E-state index contributed by atoms with van der Waals surface area (Å²) in [5.74, 6) is -0.352. The Morgan fingerprint density at radius 1 is 1.35 bits per heavy atom. The van der Waals surface area contributed by atoms with Crippen molar-refractivity contribution in [2.45, 2.75) is 6.54 Å². The van der Waals surface area contributed by atoms with Crippen molar-refractivity contribution < 1.29 is 9.18 Å². The first-order valence-electron chi connectivity index (χ1n) is 6.10. The van der Waals surface area contributed by atoms with Crippen LogP contribution in [-0.2, 0) is 6.54 Å². The van der Waals surface area contributed by atoms with E-state index in [1.165, 1.54) is 17.4 Å². The molecule has 0 radical (unpaired) electrons. The quantitative estimate of drug-likeness (QED) is 0.703. The van der Waals surface area contributed by atoms with Crippen LogP contribution >= 0.6 is 22.7 Å². The van der Waals surface area contributed by atoms with Crippen molar-refractivity contribution in [2.24, 2.45) is 0 Å². The molecule has 5 heteroatoms. The summed E-state index contributed by atoms with van der Waals surface area (Å²) >= 11 is 2.94. The normalized spacial score (nSPS) is 10.9. The van der Waals surface area contributed by atoms with Gasteiger partial charge in [-0.1, -0.05) is 6.07 Å². The minimum Gasteiger partial charge on any atom is -0.337 e. The lowest BCUT2D eigenvalue weighted by molar-refractivity contribution is 0.0790. The van der Waals surface area contributed by atoms with Crippen molar-refractivity contribution in [2.75, 3.05) is 7.05 Å². The number of rotatable bonds is 3. The Labute approximate surface area is 124 Å². The van der Waals surface area contributed by atoms with E-state index in [1.54, 1.807) is 35.4 Å². The van der Waals surface area contributed by atoms with Gasteiger partial charge in [-0.05, 0) is 40.6 Å². The maximum absolute atomic E-state index is 13.7. The predicted octanol–water partition coefficient (Wildman–Crippen LogP) is 4.37. The maximum atomic E-state index is 13.7. The highest BCUT2D eigenvalue weighted by atomic mass is 32.1. The topological polar surface area (TPSA) is 20.3 Å². The van der Waals surface area contributed by atoms with Crippen LogP contribution < -0.4 is 0 Å². The second-order valence-corrected chi connectivity index (χ2v) is 6.42. The minimum atomic E-state index is -0.279. The summed E-state index contributed by atoms with van der Waals surface area (Å²) in [5, 5.41) is 4.53. The zero-order valence-corrected chi connectivity index (χ0v) is 12.4. The zero-order valence-electron chi connectivity index (χ0n) is 10.8. The Morgan fingerprint density at radius 2 is 2.20 bits per heavy atom. The molecule has 3 aromatic rings. The molecule has 20 heavy (non-hydrogen) atoms. The third kappa shape index (κ3) is 2.46. The van der Waals surface area contributed by atoms with Gasteiger partial charge in [0.2, 0.25) is 0 Å². The van der Waals surface area contributed by atoms with Gasteiger partial charge in [0.25, 0.3) is 5.91 Å². The van der Waals surface area contributed by atoms with Crippen LogP contribution in [0.4, 0.5) is 4.39 Å². The monoisotopic (exact) mass is 305 g/mol. The first-order chi connectivity index (χ1) is 9.65. The Hall–Kier alpha value is -1.72. The molecule has 2 aromatic heterocycles. The smallest absolute Gasteiger partial charge is 0.264 e. The van der Waals surface area contributed by atoms with Gasteiger partial charge in [0.15, 0.2) is 0 Å². The molecule has 1 aromatic carbocycles. The number of carbonyl (C=O) groups excluding carboxylic acids is 1. The van der Waals surface area contributed by atoms with Crippen molar-refractivity contribution >= 4 is 38.7 Å². The fourth-order valence-electron chi connectivity index (χ4n) is 2.05. The van der Waals surface area contributed by atoms with Gasteiger partial charge in [-0.25, -0.2) is 4.39 Å². The van der Waals surface area contributed by atoms with Crippen LogP contribution in [-0.4, -0.2) is 17.9 Å². The van der Waals surface area contributed by atoms with Crippen molar-refractivity contribution in [1.82, 2.24) is 4.90 Å². The highest BCUT2D eigenvalue weighted by Crippen LogP contribution is 2.28. The molecule has 0 spiro atoms. The molecule has 0 unspecified atom stereocenters. The van der Waals surface area contributed by atoms with Crippen LogP contribution in [0, 0.1) is 5.82 Å². The molecule has 0 bridgehead atoms. The van der Waals surface area contributed by atoms with Crippen molar-refractivity contribution in [1.29, 1.82) is 0 Å². The molecule has 1 amide bonds. The molecule has 0 aliphatic carbocycles. The number of benzene rings is 1. The summed E-state index contributed by atoms with van der Waals surface area (Å²) in [4.78, 5) is 14.6. The lowest BCUT2D eigenvalue weighted by Gasteiger charge is -2.15. The highest BCUT2D eigenvalue weighted by Gasteiger charge is 2.16. The number of thiophene rings is 2. The van der Waals surface area contributed by atoms with E-state index in [-0.39, 0.29) is 11.7 Å². The van der Waals surface area contributed by atoms with Gasteiger partial charge in [-0.2, -0.15) is 11.3 Å². The molecule has 2 heterocycles. The summed E-state index contributed by atoms with van der Waals surface area (Å²) in [6.45, 7) is 0.569. The van der Waals surface area contributed by atoms with Crippen molar-refractivity contribution in [3.8, 4) is 0 Å². The lowest BCUT2D eigenvalue weighted by Crippen LogP contribution is -2.25. The molecular weight excluding hydrogens is 293 g/mol. The third-order valence-corrected chi connectivity index (χ3v) is 4.89. The molecule has 0 aliphatic rings. The number of amides is 1. The van der Waals surface area contributed by atoms with E-state index in [0.29, 0.717) is 16.8 Å². The van der Waals surface area contributed by atoms with Gasteiger partial charge in [-0.15, -0.1) is 11.3 Å². The largest absolute Gasteiger partial charge is 0.337 e. The molecule has 0 saturated heterocycles. The van der Waals surface area contributed by atoms with Gasteiger partial charge >= 0.3 is 0 Å². The summed E-state index contributed by atoms with van der Waals surface area (Å²) < 4.78 is 14.5. The van der Waals surface area contributed by atoms with Crippen LogP contribution in [0.15, 0.2) is 41.1 Å². The van der Waals surface area contributed by atoms with Gasteiger partial charge in [0, 0.05) is 23.7 Å². The van der Waals surface area contributed by atoms with Crippen LogP contribution in [0.3, 0.4) is 0 Å². The fourth-order valence-corrected chi connectivity index (χ4v) is 3.78. The Morgan fingerprint density at radius 3 is 2.90 bits per heavy atom. The number of nitrogens with zero attached hydrogens (tertiary/aromatic N) is 1. The van der Waals surface area contributed by atoms with E-state index in [9.17, 15) is 9.18 Å². The van der Waals surface area contributed by atoms with Crippen LogP contribution in [0.5, 0.6) is 0 Å². The molecule has 0 aliphatic heterocycles. The Kier molecular flexibility index (Phi) is 3.54. The highest BCUT2D eigenvalue weighted by molar-refractivity contribution is 7.20. The van der Waals surface area contributed by atoms with Gasteiger partial charge in [-0.3, -0.25) is 4.79 Å². The van der Waals surface area contributed by atoms with E-state index in [4.69, 9.17) is 0 Å². The molecule has 0 N–H and O–H groups in total. The van der Waals surface area contributed by atoms with E-state index < -0.39 is 0 Å². The number of hydrogen-bond acceptors (Lipinski definition) is 3. The SMILES string of the molecule is CN(Cc1ccsc1)C(=O)c1cc2c(F)cccc2s1. The lowest BCUT2D eigenvalue weighted by atomic mass is 10.2. The summed E-state index contributed by atoms with van der Waals surface area (Å²) in [7, 11) is 1.76. The van der Waals surface area contributed by atoms with E-state index >= 15 is 0 Å². The maximum Gasteiger partial charge on any atom is 0.264 e. The van der Waals surface area contributed by atoms with Crippen LogP contribution in [0.2, 0.25) is 0 Å². The van der Waals surface area contributed by atoms with E-state index in [0.717, 1.165) is 10.3 Å². The van der Waals surface area contributed by atoms with Crippen molar-refractivity contribution in [3.05, 3.63) is 57.3 Å². The average Bonchev–Trinajstić information content (AvgIpc) is 3.07. The Bertz CT molecular complexity index is 748. The molecular formula is C15H12FNOS2. The Balaban J connectivity index is 1.86. The molecule has 102 valence electrons. The molecule has 0 fully saturated rings. The van der Waals surface area contributed by atoms with E-state index in [2.05, 4.69) is 0 Å². The number of fused-ring (bicyclic) bond motifs is 1. The minimum absolute atomic E-state index is 0.0724. The van der Waals surface area contributed by atoms with Gasteiger partial charge in [0.1, 0.15) is 5.82 Å². The first-order valence-corrected chi connectivity index (χ1v) is 7.85. The molecule has 3 rings (SSSR count). The predicted molar refractivity (Wildman–Crippen MR) is 81.9 cm³/mol.